The maximum Gasteiger partial charge on any atom is 0.294 e. The highest BCUT2D eigenvalue weighted by molar-refractivity contribution is 8.18. The molecule has 0 atom stereocenters. The molecule has 1 saturated heterocycles. The third-order valence-electron chi connectivity index (χ3n) is 2.41. The fourth-order valence-electron chi connectivity index (χ4n) is 1.54. The molecule has 3 N–H and O–H groups in total. The van der Waals surface area contributed by atoms with Crippen LogP contribution < -0.4 is 5.73 Å². The quantitative estimate of drug-likeness (QED) is 0.800. The molecular formula is C12H10N2O4S. The number of primary amides is 1. The number of benzene rings is 1. The van der Waals surface area contributed by atoms with Crippen molar-refractivity contribution >= 4 is 34.9 Å². The minimum Gasteiger partial charge on any atom is -0.507 e. The number of rotatable bonds is 3. The van der Waals surface area contributed by atoms with E-state index < -0.39 is 23.6 Å². The van der Waals surface area contributed by atoms with E-state index in [1.54, 1.807) is 18.2 Å². The summed E-state index contributed by atoms with van der Waals surface area (Å²) in [5, 5.41) is 9.05. The lowest BCUT2D eigenvalue weighted by Crippen LogP contribution is -2.36. The Bertz CT molecular complexity index is 597. The maximum atomic E-state index is 11.9. The first-order valence-electron chi connectivity index (χ1n) is 5.30. The molecule has 0 aromatic heterocycles. The van der Waals surface area contributed by atoms with Crippen LogP contribution in [0.2, 0.25) is 0 Å². The van der Waals surface area contributed by atoms with Gasteiger partial charge in [-0.05, 0) is 23.9 Å². The van der Waals surface area contributed by atoms with E-state index in [2.05, 4.69) is 0 Å². The van der Waals surface area contributed by atoms with Crippen LogP contribution in [-0.2, 0) is 9.59 Å². The lowest BCUT2D eigenvalue weighted by Gasteiger charge is -2.08. The number of para-hydroxylation sites is 1. The van der Waals surface area contributed by atoms with Crippen molar-refractivity contribution in [3.63, 3.8) is 0 Å². The molecule has 3 amide bonds. The molecule has 1 aromatic rings. The first-order chi connectivity index (χ1) is 8.99. The van der Waals surface area contributed by atoms with Crippen molar-refractivity contribution in [2.45, 2.75) is 0 Å². The topological polar surface area (TPSA) is 101 Å². The highest BCUT2D eigenvalue weighted by atomic mass is 32.2. The van der Waals surface area contributed by atoms with Gasteiger partial charge in [-0.1, -0.05) is 18.2 Å². The molecule has 0 saturated carbocycles. The van der Waals surface area contributed by atoms with Crippen LogP contribution in [0.3, 0.4) is 0 Å². The maximum absolute atomic E-state index is 11.9. The number of carbonyl (C=O) groups excluding carboxylic acids is 3. The van der Waals surface area contributed by atoms with E-state index in [1.807, 2.05) is 0 Å². The number of thioether (sulfide) groups is 1. The Hall–Kier alpha value is -2.28. The molecule has 2 rings (SSSR count). The number of hydrogen-bond donors (Lipinski definition) is 2. The largest absolute Gasteiger partial charge is 0.507 e. The molecule has 7 heteroatoms. The summed E-state index contributed by atoms with van der Waals surface area (Å²) >= 11 is 0.707. The van der Waals surface area contributed by atoms with Crippen molar-refractivity contribution in [3.8, 4) is 5.75 Å². The Kier molecular flexibility index (Phi) is 3.57. The molecule has 1 heterocycles. The highest BCUT2D eigenvalue weighted by Gasteiger charge is 2.35. The van der Waals surface area contributed by atoms with E-state index >= 15 is 0 Å². The van der Waals surface area contributed by atoms with Gasteiger partial charge in [0.15, 0.2) is 0 Å². The first-order valence-corrected chi connectivity index (χ1v) is 6.12. The van der Waals surface area contributed by atoms with Crippen molar-refractivity contribution in [3.05, 3.63) is 34.7 Å². The Labute approximate surface area is 112 Å². The molecule has 1 fully saturated rings. The van der Waals surface area contributed by atoms with Gasteiger partial charge in [0, 0.05) is 5.56 Å². The summed E-state index contributed by atoms with van der Waals surface area (Å²) in [5.74, 6) is -1.34. The lowest BCUT2D eigenvalue weighted by molar-refractivity contribution is -0.127. The third-order valence-corrected chi connectivity index (χ3v) is 3.32. The molecule has 0 bridgehead atoms. The van der Waals surface area contributed by atoms with Gasteiger partial charge in [-0.25, -0.2) is 0 Å². The molecular weight excluding hydrogens is 268 g/mol. The standard InChI is InChI=1S/C12H10N2O4S/c13-10(16)6-14-11(17)9(19-12(14)18)5-7-3-1-2-4-8(7)15/h1-5,15H,6H2,(H2,13,16)/b9-5-. The van der Waals surface area contributed by atoms with Gasteiger partial charge in [0.05, 0.1) is 4.91 Å². The van der Waals surface area contributed by atoms with E-state index in [1.165, 1.54) is 12.1 Å². The molecule has 0 unspecified atom stereocenters. The number of nitrogens with two attached hydrogens (primary N) is 1. The summed E-state index contributed by atoms with van der Waals surface area (Å²) in [7, 11) is 0. The second-order valence-corrected chi connectivity index (χ2v) is 4.79. The predicted octanol–water partition coefficient (Wildman–Crippen LogP) is 0.914. The number of phenols is 1. The molecule has 1 aliphatic rings. The van der Waals surface area contributed by atoms with Crippen LogP contribution in [-0.4, -0.2) is 33.6 Å². The minimum absolute atomic E-state index is 0.00389. The van der Waals surface area contributed by atoms with Gasteiger partial charge in [-0.15, -0.1) is 0 Å². The van der Waals surface area contributed by atoms with Crippen LogP contribution in [0.25, 0.3) is 6.08 Å². The number of carbonyl (C=O) groups is 3. The Morgan fingerprint density at radius 1 is 1.37 bits per heavy atom. The molecule has 1 aromatic carbocycles. The number of amides is 3. The first kappa shape index (κ1) is 13.2. The number of hydrogen-bond acceptors (Lipinski definition) is 5. The molecule has 19 heavy (non-hydrogen) atoms. The number of imide groups is 1. The zero-order valence-corrected chi connectivity index (χ0v) is 10.5. The fraction of sp³-hybridized carbons (Fsp3) is 0.0833. The van der Waals surface area contributed by atoms with E-state index in [0.717, 1.165) is 4.90 Å². The average molecular weight is 278 g/mol. The summed E-state index contributed by atoms with van der Waals surface area (Å²) in [6.07, 6.45) is 1.40. The summed E-state index contributed by atoms with van der Waals surface area (Å²) in [6.45, 7) is -0.442. The van der Waals surface area contributed by atoms with Crippen molar-refractivity contribution < 1.29 is 19.5 Å². The Balaban J connectivity index is 2.28. The molecule has 0 spiro atoms. The second-order valence-electron chi connectivity index (χ2n) is 3.79. The van der Waals surface area contributed by atoms with Gasteiger partial charge in [0.25, 0.3) is 11.1 Å². The molecule has 98 valence electrons. The van der Waals surface area contributed by atoms with Crippen molar-refractivity contribution in [2.24, 2.45) is 5.73 Å². The number of nitrogens with zero attached hydrogens (tertiary/aromatic N) is 1. The SMILES string of the molecule is NC(=O)CN1C(=O)S/C(=C\c2ccccc2O)C1=O. The van der Waals surface area contributed by atoms with E-state index in [-0.39, 0.29) is 10.7 Å². The summed E-state index contributed by atoms with van der Waals surface area (Å²) in [5.41, 5.74) is 5.39. The van der Waals surface area contributed by atoms with Crippen molar-refractivity contribution in [2.75, 3.05) is 6.54 Å². The average Bonchev–Trinajstić information content (AvgIpc) is 2.60. The zero-order chi connectivity index (χ0) is 14.0. The van der Waals surface area contributed by atoms with Gasteiger partial charge < -0.3 is 10.8 Å². The summed E-state index contributed by atoms with van der Waals surface area (Å²) in [6, 6.07) is 6.42. The van der Waals surface area contributed by atoms with Crippen LogP contribution in [0, 0.1) is 0 Å². The van der Waals surface area contributed by atoms with Crippen LogP contribution in [0.15, 0.2) is 29.2 Å². The smallest absolute Gasteiger partial charge is 0.294 e. The van der Waals surface area contributed by atoms with Crippen LogP contribution in [0.5, 0.6) is 5.75 Å². The normalized spacial score (nSPS) is 17.3. The second kappa shape index (κ2) is 5.15. The molecule has 0 radical (unpaired) electrons. The van der Waals surface area contributed by atoms with Gasteiger partial charge in [0.2, 0.25) is 5.91 Å². The van der Waals surface area contributed by atoms with E-state index in [0.29, 0.717) is 17.3 Å². The monoisotopic (exact) mass is 278 g/mol. The third kappa shape index (κ3) is 2.76. The fourth-order valence-corrected chi connectivity index (χ4v) is 2.37. The van der Waals surface area contributed by atoms with Crippen LogP contribution in [0.1, 0.15) is 5.56 Å². The van der Waals surface area contributed by atoms with Crippen molar-refractivity contribution in [1.29, 1.82) is 0 Å². The minimum atomic E-state index is -0.758. The summed E-state index contributed by atoms with van der Waals surface area (Å²) in [4.78, 5) is 35.2. The van der Waals surface area contributed by atoms with E-state index in [4.69, 9.17) is 5.73 Å². The number of phenolic OH excluding ortho intramolecular Hbond substituents is 1. The highest BCUT2D eigenvalue weighted by Crippen LogP contribution is 2.33. The van der Waals surface area contributed by atoms with Crippen LogP contribution >= 0.6 is 11.8 Å². The van der Waals surface area contributed by atoms with Gasteiger partial charge >= 0.3 is 0 Å². The van der Waals surface area contributed by atoms with Gasteiger partial charge in [-0.2, -0.15) is 0 Å². The lowest BCUT2D eigenvalue weighted by atomic mass is 10.2. The van der Waals surface area contributed by atoms with Gasteiger partial charge in [0.1, 0.15) is 12.3 Å². The Morgan fingerprint density at radius 3 is 2.68 bits per heavy atom. The van der Waals surface area contributed by atoms with E-state index in [9.17, 15) is 19.5 Å². The van der Waals surface area contributed by atoms with Crippen LogP contribution in [0.4, 0.5) is 4.79 Å². The van der Waals surface area contributed by atoms with Gasteiger partial charge in [-0.3, -0.25) is 19.3 Å². The zero-order valence-electron chi connectivity index (χ0n) is 9.70. The molecule has 0 aliphatic carbocycles. The predicted molar refractivity (Wildman–Crippen MR) is 70.0 cm³/mol. The van der Waals surface area contributed by atoms with Crippen molar-refractivity contribution in [1.82, 2.24) is 4.90 Å². The Morgan fingerprint density at radius 2 is 2.05 bits per heavy atom. The number of aromatic hydroxyl groups is 1. The molecule has 6 nitrogen and oxygen atoms in total. The molecule has 1 aliphatic heterocycles. The summed E-state index contributed by atoms with van der Waals surface area (Å²) < 4.78 is 0.